The molecule has 10 heteroatoms. The van der Waals surface area contributed by atoms with Gasteiger partial charge in [-0.2, -0.15) is 5.26 Å². The van der Waals surface area contributed by atoms with E-state index in [2.05, 4.69) is 45.7 Å². The van der Waals surface area contributed by atoms with Crippen LogP contribution < -0.4 is 9.46 Å². The number of sulfonamides is 1. The maximum Gasteiger partial charge on any atom is 0.213 e. The lowest BCUT2D eigenvalue weighted by Crippen LogP contribution is -2.37. The zero-order valence-electron chi connectivity index (χ0n) is 23.6. The summed E-state index contributed by atoms with van der Waals surface area (Å²) in [4.78, 5) is 10.2. The van der Waals surface area contributed by atoms with Gasteiger partial charge in [-0.25, -0.2) is 18.1 Å². The van der Waals surface area contributed by atoms with Crippen molar-refractivity contribution in [2.24, 2.45) is 0 Å². The Morgan fingerprint density at radius 1 is 1.25 bits per heavy atom. The molecule has 2 heterocycles. The van der Waals surface area contributed by atoms with Gasteiger partial charge in [-0.3, -0.25) is 0 Å². The molecule has 2 aliphatic rings. The number of fused-ring (bicyclic) bond motifs is 1. The van der Waals surface area contributed by atoms with Crippen molar-refractivity contribution in [2.75, 3.05) is 39.5 Å². The first kappa shape index (κ1) is 28.7. The van der Waals surface area contributed by atoms with Gasteiger partial charge < -0.3 is 14.5 Å². The van der Waals surface area contributed by atoms with Crippen LogP contribution in [0.1, 0.15) is 49.4 Å². The van der Waals surface area contributed by atoms with Gasteiger partial charge in [0, 0.05) is 36.9 Å². The number of nitrogens with zero attached hydrogens (tertiary/aromatic N) is 4. The highest BCUT2D eigenvalue weighted by Crippen LogP contribution is 2.41. The van der Waals surface area contributed by atoms with Gasteiger partial charge in [0.2, 0.25) is 10.0 Å². The number of benzene rings is 2. The first-order valence-electron chi connectivity index (χ1n) is 13.8. The summed E-state index contributed by atoms with van der Waals surface area (Å²) in [5, 5.41) is 10.4. The van der Waals surface area contributed by atoms with Gasteiger partial charge in [0.15, 0.2) is 0 Å². The van der Waals surface area contributed by atoms with E-state index in [9.17, 15) is 13.7 Å². The third-order valence-corrected chi connectivity index (χ3v) is 10.2. The third kappa shape index (κ3) is 6.40. The number of hydrogen-bond acceptors (Lipinski definition) is 8. The van der Waals surface area contributed by atoms with Gasteiger partial charge in [0.1, 0.15) is 16.8 Å². The lowest BCUT2D eigenvalue weighted by Gasteiger charge is -2.21. The van der Waals surface area contributed by atoms with Crippen LogP contribution in [0.4, 0.5) is 0 Å². The Morgan fingerprint density at radius 3 is 2.80 bits per heavy atom. The Hall–Kier alpha value is -2.81. The minimum Gasteiger partial charge on any atom is -0.490 e. The third-order valence-electron chi connectivity index (χ3n) is 7.73. The summed E-state index contributed by atoms with van der Waals surface area (Å²) < 4.78 is 34.8. The molecule has 40 heavy (non-hydrogen) atoms. The van der Waals surface area contributed by atoms with Crippen molar-refractivity contribution in [1.29, 1.82) is 5.26 Å². The number of ether oxygens (including phenoxy) is 1. The number of likely N-dealkylation sites (N-methyl/N-ethyl adjacent to an activating group) is 1. The molecule has 8 nitrogen and oxygen atoms in total. The highest BCUT2D eigenvalue weighted by Gasteiger charge is 2.30. The molecule has 2 atom stereocenters. The van der Waals surface area contributed by atoms with Crippen molar-refractivity contribution in [1.82, 2.24) is 19.5 Å². The summed E-state index contributed by atoms with van der Waals surface area (Å²) in [6.07, 6.45) is 4.48. The average molecular weight is 580 g/mol. The Morgan fingerprint density at radius 2 is 2.08 bits per heavy atom. The SMILES string of the molecule is CC(C)Oc1ccc(-c2ncc(-c3cccc4c3CCC4NS(=O)(=O)CCN3CC[C@H](N(C)C)C3)s2)cc1C#N. The van der Waals surface area contributed by atoms with Gasteiger partial charge in [0.25, 0.3) is 0 Å². The molecule has 0 spiro atoms. The lowest BCUT2D eigenvalue weighted by molar-refractivity contribution is 0.242. The number of likely N-dealkylation sites (tertiary alicyclic amines) is 1. The smallest absolute Gasteiger partial charge is 0.213 e. The van der Waals surface area contributed by atoms with Crippen LogP contribution in [-0.2, 0) is 16.4 Å². The van der Waals surface area contributed by atoms with Crippen LogP contribution in [0, 0.1) is 11.3 Å². The van der Waals surface area contributed by atoms with Crippen molar-refractivity contribution in [3.8, 4) is 32.8 Å². The second-order valence-electron chi connectivity index (χ2n) is 11.1. The summed E-state index contributed by atoms with van der Waals surface area (Å²) in [6.45, 7) is 6.29. The molecule has 1 N–H and O–H groups in total. The first-order valence-corrected chi connectivity index (χ1v) is 16.3. The van der Waals surface area contributed by atoms with Crippen molar-refractivity contribution < 1.29 is 13.2 Å². The summed E-state index contributed by atoms with van der Waals surface area (Å²) in [5.74, 6) is 0.688. The number of hydrogen-bond donors (Lipinski definition) is 1. The Kier molecular flexibility index (Phi) is 8.59. The summed E-state index contributed by atoms with van der Waals surface area (Å²) in [5.41, 5.74) is 4.68. The van der Waals surface area contributed by atoms with Crippen molar-refractivity contribution in [3.05, 3.63) is 59.3 Å². The molecular formula is C30H37N5O3S2. The largest absolute Gasteiger partial charge is 0.490 e. The molecule has 1 aliphatic carbocycles. The van der Waals surface area contributed by atoms with Crippen LogP contribution in [0.5, 0.6) is 5.75 Å². The second kappa shape index (κ2) is 12.0. The minimum atomic E-state index is -3.41. The highest BCUT2D eigenvalue weighted by molar-refractivity contribution is 7.89. The maximum atomic E-state index is 13.0. The topological polar surface area (TPSA) is 98.6 Å². The van der Waals surface area contributed by atoms with Crippen molar-refractivity contribution in [3.63, 3.8) is 0 Å². The van der Waals surface area contributed by atoms with E-state index in [1.165, 1.54) is 5.56 Å². The molecule has 0 bridgehead atoms. The molecule has 0 radical (unpaired) electrons. The monoisotopic (exact) mass is 579 g/mol. The molecule has 0 amide bonds. The van der Waals surface area contributed by atoms with E-state index in [1.54, 1.807) is 11.3 Å². The zero-order valence-corrected chi connectivity index (χ0v) is 25.2. The number of thiazole rings is 1. The molecule has 2 aromatic carbocycles. The molecule has 1 fully saturated rings. The molecule has 1 aromatic heterocycles. The predicted octanol–water partition coefficient (Wildman–Crippen LogP) is 4.68. The van der Waals surface area contributed by atoms with Crippen LogP contribution in [-0.4, -0.2) is 74.8 Å². The van der Waals surface area contributed by atoms with Gasteiger partial charge in [-0.05, 0) is 88.6 Å². The van der Waals surface area contributed by atoms with E-state index in [0.29, 0.717) is 23.9 Å². The van der Waals surface area contributed by atoms with E-state index < -0.39 is 10.0 Å². The van der Waals surface area contributed by atoms with Gasteiger partial charge in [-0.1, -0.05) is 18.2 Å². The molecule has 1 saturated heterocycles. The number of rotatable bonds is 10. The zero-order chi connectivity index (χ0) is 28.4. The average Bonchev–Trinajstić information content (AvgIpc) is 3.68. The number of nitrogens with one attached hydrogen (secondary N) is 1. The van der Waals surface area contributed by atoms with E-state index in [1.807, 2.05) is 50.4 Å². The van der Waals surface area contributed by atoms with Crippen LogP contribution in [0.15, 0.2) is 42.6 Å². The van der Waals surface area contributed by atoms with Crippen LogP contribution in [0.3, 0.4) is 0 Å². The normalized spacial score (nSPS) is 19.3. The Bertz CT molecular complexity index is 1510. The quantitative estimate of drug-likeness (QED) is 0.372. The van der Waals surface area contributed by atoms with Gasteiger partial charge in [0.05, 0.1) is 22.3 Å². The standard InChI is InChI=1S/C30H37N5O3S2/c1-20(2)38-28-11-8-21(16-22(28)17-31)30-32-18-29(39-30)26-7-5-6-25-24(26)9-10-27(25)33-40(36,37)15-14-35-13-12-23(19-35)34(3)4/h5-8,11,16,18,20,23,27,33H,9-10,12-15,19H2,1-4H3/t23-,27?/m0/s1. The Balaban J connectivity index is 1.29. The molecule has 3 aromatic rings. The minimum absolute atomic E-state index is 0.0150. The van der Waals surface area contributed by atoms with Gasteiger partial charge in [-0.15, -0.1) is 11.3 Å². The molecule has 1 aliphatic heterocycles. The molecular weight excluding hydrogens is 542 g/mol. The maximum absolute atomic E-state index is 13.0. The van der Waals surface area contributed by atoms with Crippen molar-refractivity contribution in [2.45, 2.75) is 51.3 Å². The van der Waals surface area contributed by atoms with E-state index >= 15 is 0 Å². The van der Waals surface area contributed by atoms with Crippen molar-refractivity contribution >= 4 is 21.4 Å². The number of aromatic nitrogens is 1. The number of nitriles is 1. The van der Waals surface area contributed by atoms with Crippen LogP contribution in [0.25, 0.3) is 21.0 Å². The highest BCUT2D eigenvalue weighted by atomic mass is 32.2. The fourth-order valence-electron chi connectivity index (χ4n) is 5.61. The second-order valence-corrected chi connectivity index (χ2v) is 14.0. The first-order chi connectivity index (χ1) is 19.1. The summed E-state index contributed by atoms with van der Waals surface area (Å²) in [6, 6.07) is 14.2. The van der Waals surface area contributed by atoms with E-state index in [-0.39, 0.29) is 17.9 Å². The predicted molar refractivity (Wildman–Crippen MR) is 160 cm³/mol. The van der Waals surface area contributed by atoms with Crippen LogP contribution in [0.2, 0.25) is 0 Å². The Labute approximate surface area is 241 Å². The fraction of sp³-hybridized carbons (Fsp3) is 0.467. The van der Waals surface area contributed by atoms with E-state index in [0.717, 1.165) is 58.9 Å². The molecule has 0 saturated carbocycles. The molecule has 1 unspecified atom stereocenters. The van der Waals surface area contributed by atoms with E-state index in [4.69, 9.17) is 4.74 Å². The van der Waals surface area contributed by atoms with Crippen LogP contribution >= 0.6 is 11.3 Å². The molecule has 212 valence electrons. The lowest BCUT2D eigenvalue weighted by atomic mass is 10.0. The summed E-state index contributed by atoms with van der Waals surface area (Å²) in [7, 11) is 0.748. The fourth-order valence-corrected chi connectivity index (χ4v) is 7.87. The summed E-state index contributed by atoms with van der Waals surface area (Å²) >= 11 is 1.57. The molecule has 5 rings (SSSR count). The van der Waals surface area contributed by atoms with Gasteiger partial charge >= 0.3 is 0 Å².